The van der Waals surface area contributed by atoms with Crippen LogP contribution in [0.5, 0.6) is 0 Å². The molecule has 4 nitrogen and oxygen atoms in total. The monoisotopic (exact) mass is 203 g/mol. The minimum atomic E-state index is -0.429. The molecular formula is C8H19N2O2Si. The van der Waals surface area contributed by atoms with Gasteiger partial charge in [-0.3, -0.25) is 0 Å². The summed E-state index contributed by atoms with van der Waals surface area (Å²) < 4.78 is 5.21. The number of aliphatic hydroxyl groups is 1. The van der Waals surface area contributed by atoms with Gasteiger partial charge in [0.1, 0.15) is 0 Å². The smallest absolute Gasteiger partial charge is 0.0897 e. The summed E-state index contributed by atoms with van der Waals surface area (Å²) in [4.78, 5) is 0. The molecule has 0 heterocycles. The Labute approximate surface area is 83.3 Å². The first-order valence-corrected chi connectivity index (χ1v) is 5.33. The van der Waals surface area contributed by atoms with Gasteiger partial charge in [-0.25, -0.2) is 0 Å². The van der Waals surface area contributed by atoms with E-state index in [0.717, 1.165) is 19.0 Å². The van der Waals surface area contributed by atoms with Crippen LogP contribution in [0, 0.1) is 0 Å². The van der Waals surface area contributed by atoms with Crippen LogP contribution in [0.15, 0.2) is 0 Å². The fourth-order valence-electron chi connectivity index (χ4n) is 0.823. The Morgan fingerprint density at radius 2 is 2.31 bits per heavy atom. The lowest BCUT2D eigenvalue weighted by Crippen LogP contribution is -2.33. The Balaban J connectivity index is 3.05. The highest BCUT2D eigenvalue weighted by Gasteiger charge is 2.02. The van der Waals surface area contributed by atoms with Crippen molar-refractivity contribution < 1.29 is 9.84 Å². The van der Waals surface area contributed by atoms with E-state index in [2.05, 4.69) is 15.6 Å². The zero-order valence-electron chi connectivity index (χ0n) is 7.96. The number of hydrogen-bond acceptors (Lipinski definition) is 4. The van der Waals surface area contributed by atoms with Crippen LogP contribution in [0.1, 0.15) is 6.42 Å². The summed E-state index contributed by atoms with van der Waals surface area (Å²) in [6.07, 6.45) is 0.543. The van der Waals surface area contributed by atoms with E-state index in [-0.39, 0.29) is 0 Å². The molecule has 0 aromatic rings. The summed E-state index contributed by atoms with van der Waals surface area (Å²) in [5.74, 6) is 0. The lowest BCUT2D eigenvalue weighted by Gasteiger charge is -2.11. The summed E-state index contributed by atoms with van der Waals surface area (Å²) in [5.41, 5.74) is 5.27. The molecule has 77 valence electrons. The third-order valence-corrected chi connectivity index (χ3v) is 1.83. The van der Waals surface area contributed by atoms with Crippen LogP contribution >= 0.6 is 0 Å². The average molecular weight is 203 g/mol. The molecule has 0 spiro atoms. The van der Waals surface area contributed by atoms with Crippen molar-refractivity contribution in [2.24, 2.45) is 5.73 Å². The maximum absolute atomic E-state index is 9.33. The standard InChI is InChI=1S/C8H19N2O2Si/c9-2-3-10-6-8(11)7-12-4-1-5-13/h8,10-11H,1-7,9H2. The number of ether oxygens (including phenoxy) is 1. The molecule has 0 aliphatic rings. The second kappa shape index (κ2) is 10.1. The second-order valence-electron chi connectivity index (χ2n) is 2.83. The fraction of sp³-hybridized carbons (Fsp3) is 1.00. The highest BCUT2D eigenvalue weighted by molar-refractivity contribution is 6.08. The predicted molar refractivity (Wildman–Crippen MR) is 53.9 cm³/mol. The Kier molecular flexibility index (Phi) is 10.2. The molecule has 1 atom stereocenters. The van der Waals surface area contributed by atoms with Crippen molar-refractivity contribution in [1.82, 2.24) is 5.32 Å². The summed E-state index contributed by atoms with van der Waals surface area (Å²) in [5, 5.41) is 12.3. The van der Waals surface area contributed by atoms with Gasteiger partial charge in [0.2, 0.25) is 0 Å². The van der Waals surface area contributed by atoms with E-state index in [1.54, 1.807) is 0 Å². The number of hydrogen-bond donors (Lipinski definition) is 3. The quantitative estimate of drug-likeness (QED) is 0.328. The largest absolute Gasteiger partial charge is 0.389 e. The van der Waals surface area contributed by atoms with E-state index < -0.39 is 6.10 Å². The van der Waals surface area contributed by atoms with Gasteiger partial charge in [0.15, 0.2) is 0 Å². The highest BCUT2D eigenvalue weighted by atomic mass is 28.1. The molecule has 13 heavy (non-hydrogen) atoms. The zero-order valence-corrected chi connectivity index (χ0v) is 8.96. The summed E-state index contributed by atoms with van der Waals surface area (Å²) in [6.45, 7) is 2.96. The van der Waals surface area contributed by atoms with E-state index >= 15 is 0 Å². The van der Waals surface area contributed by atoms with Gasteiger partial charge in [-0.1, -0.05) is 6.04 Å². The van der Waals surface area contributed by atoms with Crippen molar-refractivity contribution >= 4 is 10.2 Å². The number of rotatable bonds is 9. The molecule has 5 heteroatoms. The molecule has 0 aromatic carbocycles. The first-order valence-electron chi connectivity index (χ1n) is 4.62. The van der Waals surface area contributed by atoms with E-state index in [0.29, 0.717) is 26.3 Å². The van der Waals surface area contributed by atoms with Crippen LogP contribution in [-0.2, 0) is 4.74 Å². The van der Waals surface area contributed by atoms with Crippen molar-refractivity contribution in [1.29, 1.82) is 0 Å². The van der Waals surface area contributed by atoms with Gasteiger partial charge in [0, 0.05) is 36.5 Å². The maximum atomic E-state index is 9.33. The predicted octanol–water partition coefficient (Wildman–Crippen LogP) is -1.11. The summed E-state index contributed by atoms with van der Waals surface area (Å²) in [7, 11) is 3.34. The zero-order chi connectivity index (χ0) is 9.94. The van der Waals surface area contributed by atoms with Gasteiger partial charge in [-0.05, 0) is 6.42 Å². The summed E-state index contributed by atoms with van der Waals surface area (Å²) >= 11 is 0. The van der Waals surface area contributed by atoms with Crippen molar-refractivity contribution in [2.75, 3.05) is 32.8 Å². The molecule has 0 aliphatic heterocycles. The number of aliphatic hydroxyl groups excluding tert-OH is 1. The van der Waals surface area contributed by atoms with E-state index in [1.807, 2.05) is 0 Å². The SMILES string of the molecule is NCCNCC(O)COCCC[Si]. The van der Waals surface area contributed by atoms with Crippen molar-refractivity contribution in [3.63, 3.8) is 0 Å². The van der Waals surface area contributed by atoms with Crippen LogP contribution in [0.2, 0.25) is 6.04 Å². The van der Waals surface area contributed by atoms with Gasteiger partial charge < -0.3 is 20.9 Å². The Bertz CT molecular complexity index is 106. The normalized spacial score (nSPS) is 13.2. The van der Waals surface area contributed by atoms with Crippen LogP contribution in [-0.4, -0.2) is 54.3 Å². The van der Waals surface area contributed by atoms with Crippen LogP contribution in [0.4, 0.5) is 0 Å². The minimum absolute atomic E-state index is 0.393. The molecule has 0 saturated heterocycles. The lowest BCUT2D eigenvalue weighted by molar-refractivity contribution is 0.0376. The molecule has 0 amide bonds. The van der Waals surface area contributed by atoms with Crippen LogP contribution < -0.4 is 11.1 Å². The first kappa shape index (κ1) is 13.1. The third-order valence-electron chi connectivity index (χ3n) is 1.48. The lowest BCUT2D eigenvalue weighted by atomic mass is 10.3. The molecule has 4 N–H and O–H groups in total. The summed E-state index contributed by atoms with van der Waals surface area (Å²) in [6, 6.07) is 0.932. The highest BCUT2D eigenvalue weighted by Crippen LogP contribution is 1.89. The molecule has 0 aliphatic carbocycles. The van der Waals surface area contributed by atoms with Crippen LogP contribution in [0.3, 0.4) is 0 Å². The fourth-order valence-corrected chi connectivity index (χ4v) is 0.968. The van der Waals surface area contributed by atoms with Crippen LogP contribution in [0.25, 0.3) is 0 Å². The van der Waals surface area contributed by atoms with Gasteiger partial charge in [-0.15, -0.1) is 0 Å². The average Bonchev–Trinajstić information content (AvgIpc) is 2.13. The van der Waals surface area contributed by atoms with Crippen molar-refractivity contribution in [3.8, 4) is 0 Å². The first-order chi connectivity index (χ1) is 6.31. The third kappa shape index (κ3) is 9.97. The molecule has 0 rings (SSSR count). The maximum Gasteiger partial charge on any atom is 0.0897 e. The molecule has 0 bridgehead atoms. The second-order valence-corrected chi connectivity index (χ2v) is 3.33. The van der Waals surface area contributed by atoms with Gasteiger partial charge >= 0.3 is 0 Å². The molecule has 3 radical (unpaired) electrons. The molecule has 1 unspecified atom stereocenters. The Hall–Kier alpha value is 0.0569. The molecular weight excluding hydrogens is 184 g/mol. The van der Waals surface area contributed by atoms with Gasteiger partial charge in [0.25, 0.3) is 0 Å². The van der Waals surface area contributed by atoms with Gasteiger partial charge in [-0.2, -0.15) is 0 Å². The van der Waals surface area contributed by atoms with Gasteiger partial charge in [0.05, 0.1) is 12.7 Å². The van der Waals surface area contributed by atoms with E-state index in [9.17, 15) is 5.11 Å². The Morgan fingerprint density at radius 3 is 2.92 bits per heavy atom. The minimum Gasteiger partial charge on any atom is -0.389 e. The molecule has 0 fully saturated rings. The van der Waals surface area contributed by atoms with Crippen molar-refractivity contribution in [3.05, 3.63) is 0 Å². The Morgan fingerprint density at radius 1 is 1.54 bits per heavy atom. The van der Waals surface area contributed by atoms with Crippen molar-refractivity contribution in [2.45, 2.75) is 18.6 Å². The number of nitrogens with two attached hydrogens (primary N) is 1. The number of nitrogens with one attached hydrogen (secondary N) is 1. The molecule has 0 aromatic heterocycles. The molecule has 0 saturated carbocycles. The van der Waals surface area contributed by atoms with E-state index in [1.165, 1.54) is 0 Å². The van der Waals surface area contributed by atoms with E-state index in [4.69, 9.17) is 10.5 Å². The topological polar surface area (TPSA) is 67.5 Å².